The van der Waals surface area contributed by atoms with Gasteiger partial charge in [-0.1, -0.05) is 0 Å². The summed E-state index contributed by atoms with van der Waals surface area (Å²) in [6, 6.07) is 4.21. The molecule has 0 N–H and O–H groups in total. The van der Waals surface area contributed by atoms with Gasteiger partial charge in [0.1, 0.15) is 0 Å². The number of fused-ring (bicyclic) bond motifs is 1. The van der Waals surface area contributed by atoms with Gasteiger partial charge in [0.15, 0.2) is 0 Å². The first-order valence-electron chi connectivity index (χ1n) is 8.80. The van der Waals surface area contributed by atoms with E-state index in [9.17, 15) is 9.59 Å². The van der Waals surface area contributed by atoms with Crippen LogP contribution in [0, 0.1) is 5.92 Å². The third-order valence-electron chi connectivity index (χ3n) is 5.55. The predicted octanol–water partition coefficient (Wildman–Crippen LogP) is 1.21. The normalized spacial score (nSPS) is 29.8. The Kier molecular flexibility index (Phi) is 4.22. The first-order valence-corrected chi connectivity index (χ1v) is 8.80. The molecule has 3 fully saturated rings. The maximum Gasteiger partial charge on any atom is 0.228 e. The van der Waals surface area contributed by atoms with Gasteiger partial charge >= 0.3 is 0 Å². The fraction of sp³-hybridized carbons (Fsp3) is 0.611. The molecule has 0 aliphatic carbocycles. The van der Waals surface area contributed by atoms with E-state index in [2.05, 4.69) is 4.98 Å². The van der Waals surface area contributed by atoms with E-state index in [0.29, 0.717) is 26.2 Å². The van der Waals surface area contributed by atoms with Crippen LogP contribution in [0.2, 0.25) is 0 Å². The molecule has 3 aliphatic heterocycles. The largest absolute Gasteiger partial charge is 0.381 e. The first kappa shape index (κ1) is 15.6. The van der Waals surface area contributed by atoms with E-state index in [-0.39, 0.29) is 29.8 Å². The van der Waals surface area contributed by atoms with E-state index in [1.807, 2.05) is 21.9 Å². The molecule has 4 rings (SSSR count). The number of piperidine rings is 1. The standard InChI is InChI=1S/C18H23N3O3/c22-17-2-1-15-16(21(17)11-13-3-7-19-8-4-13)5-9-20(15)18(23)14-6-10-24-12-14/h3-4,7-8,14-16H,1-2,5-6,9-12H2/t14-,15-,16-/m0/s1. The summed E-state index contributed by atoms with van der Waals surface area (Å²) < 4.78 is 5.37. The van der Waals surface area contributed by atoms with Crippen LogP contribution in [0.25, 0.3) is 0 Å². The van der Waals surface area contributed by atoms with Crippen molar-refractivity contribution < 1.29 is 14.3 Å². The summed E-state index contributed by atoms with van der Waals surface area (Å²) in [5.41, 5.74) is 1.09. The third-order valence-corrected chi connectivity index (χ3v) is 5.55. The number of hydrogen-bond acceptors (Lipinski definition) is 4. The van der Waals surface area contributed by atoms with Gasteiger partial charge in [-0.25, -0.2) is 0 Å². The van der Waals surface area contributed by atoms with E-state index < -0.39 is 0 Å². The van der Waals surface area contributed by atoms with Gasteiger partial charge in [0.05, 0.1) is 24.6 Å². The van der Waals surface area contributed by atoms with Gasteiger partial charge in [0.2, 0.25) is 11.8 Å². The number of nitrogens with zero attached hydrogens (tertiary/aromatic N) is 3. The fourth-order valence-corrected chi connectivity index (χ4v) is 4.28. The average molecular weight is 329 g/mol. The summed E-state index contributed by atoms with van der Waals surface area (Å²) >= 11 is 0. The minimum Gasteiger partial charge on any atom is -0.381 e. The SMILES string of the molecule is O=C1CC[C@H]2[C@H](CCN2C(=O)[C@H]2CCOC2)N1Cc1ccncc1. The average Bonchev–Trinajstić information content (AvgIpc) is 3.27. The van der Waals surface area contributed by atoms with Gasteiger partial charge in [0, 0.05) is 38.5 Å². The molecule has 3 aliphatic rings. The molecule has 3 saturated heterocycles. The predicted molar refractivity (Wildman–Crippen MR) is 86.9 cm³/mol. The number of hydrogen-bond donors (Lipinski definition) is 0. The molecule has 128 valence electrons. The molecule has 0 bridgehead atoms. The van der Waals surface area contributed by atoms with Gasteiger partial charge in [-0.15, -0.1) is 0 Å². The van der Waals surface area contributed by atoms with Crippen molar-refractivity contribution in [3.8, 4) is 0 Å². The molecule has 6 nitrogen and oxygen atoms in total. The van der Waals surface area contributed by atoms with Crippen LogP contribution in [-0.4, -0.2) is 58.4 Å². The van der Waals surface area contributed by atoms with Gasteiger partial charge in [-0.05, 0) is 37.0 Å². The molecule has 1 aromatic rings. The minimum atomic E-state index is 0.00928. The van der Waals surface area contributed by atoms with Crippen molar-refractivity contribution >= 4 is 11.8 Å². The summed E-state index contributed by atoms with van der Waals surface area (Å²) in [7, 11) is 0. The van der Waals surface area contributed by atoms with Gasteiger partial charge in [-0.3, -0.25) is 14.6 Å². The van der Waals surface area contributed by atoms with Crippen molar-refractivity contribution in [3.05, 3.63) is 30.1 Å². The number of likely N-dealkylation sites (tertiary alicyclic amines) is 2. The highest BCUT2D eigenvalue weighted by Gasteiger charge is 2.46. The summed E-state index contributed by atoms with van der Waals surface area (Å²) in [4.78, 5) is 33.3. The minimum absolute atomic E-state index is 0.00928. The van der Waals surface area contributed by atoms with Crippen LogP contribution in [0.3, 0.4) is 0 Å². The summed E-state index contributed by atoms with van der Waals surface area (Å²) in [5, 5.41) is 0. The Morgan fingerprint density at radius 2 is 2.04 bits per heavy atom. The molecule has 2 amide bonds. The van der Waals surface area contributed by atoms with E-state index in [0.717, 1.165) is 31.4 Å². The van der Waals surface area contributed by atoms with Crippen LogP contribution >= 0.6 is 0 Å². The molecule has 24 heavy (non-hydrogen) atoms. The van der Waals surface area contributed by atoms with Crippen molar-refractivity contribution in [1.82, 2.24) is 14.8 Å². The summed E-state index contributed by atoms with van der Waals surface area (Å²) in [5.74, 6) is 0.430. The van der Waals surface area contributed by atoms with Crippen LogP contribution in [0.5, 0.6) is 0 Å². The third kappa shape index (κ3) is 2.79. The van der Waals surface area contributed by atoms with Crippen molar-refractivity contribution in [2.75, 3.05) is 19.8 Å². The highest BCUT2D eigenvalue weighted by molar-refractivity contribution is 5.82. The quantitative estimate of drug-likeness (QED) is 0.836. The van der Waals surface area contributed by atoms with Crippen molar-refractivity contribution in [3.63, 3.8) is 0 Å². The Bertz CT molecular complexity index is 615. The lowest BCUT2D eigenvalue weighted by molar-refractivity contribution is -0.144. The fourth-order valence-electron chi connectivity index (χ4n) is 4.28. The van der Waals surface area contributed by atoms with Crippen LogP contribution in [0.15, 0.2) is 24.5 Å². The molecule has 0 spiro atoms. The molecular formula is C18H23N3O3. The lowest BCUT2D eigenvalue weighted by Crippen LogP contribution is -2.53. The maximum absolute atomic E-state index is 12.8. The molecule has 0 aromatic carbocycles. The van der Waals surface area contributed by atoms with E-state index in [4.69, 9.17) is 4.74 Å². The number of ether oxygens (including phenoxy) is 1. The maximum atomic E-state index is 12.8. The molecular weight excluding hydrogens is 306 g/mol. The Morgan fingerprint density at radius 3 is 2.79 bits per heavy atom. The smallest absolute Gasteiger partial charge is 0.228 e. The van der Waals surface area contributed by atoms with Gasteiger partial charge in [-0.2, -0.15) is 0 Å². The van der Waals surface area contributed by atoms with Crippen LogP contribution in [-0.2, 0) is 20.9 Å². The van der Waals surface area contributed by atoms with Gasteiger partial charge < -0.3 is 14.5 Å². The van der Waals surface area contributed by atoms with Crippen molar-refractivity contribution in [2.24, 2.45) is 5.92 Å². The zero-order valence-corrected chi connectivity index (χ0v) is 13.8. The Hall–Kier alpha value is -1.95. The zero-order chi connectivity index (χ0) is 16.5. The second kappa shape index (κ2) is 6.51. The number of amides is 2. The molecule has 3 atom stereocenters. The van der Waals surface area contributed by atoms with E-state index in [1.54, 1.807) is 12.4 Å². The van der Waals surface area contributed by atoms with Crippen molar-refractivity contribution in [2.45, 2.75) is 44.3 Å². The van der Waals surface area contributed by atoms with E-state index in [1.165, 1.54) is 0 Å². The molecule has 0 radical (unpaired) electrons. The van der Waals surface area contributed by atoms with Gasteiger partial charge in [0.25, 0.3) is 0 Å². The first-order chi connectivity index (χ1) is 11.7. The number of carbonyl (C=O) groups excluding carboxylic acids is 2. The second-order valence-corrected chi connectivity index (χ2v) is 6.93. The van der Waals surface area contributed by atoms with Crippen LogP contribution in [0.4, 0.5) is 0 Å². The Labute approximate surface area is 141 Å². The summed E-state index contributed by atoms with van der Waals surface area (Å²) in [6.45, 7) is 2.60. The number of rotatable bonds is 3. The Morgan fingerprint density at radius 1 is 1.21 bits per heavy atom. The zero-order valence-electron chi connectivity index (χ0n) is 13.8. The number of carbonyl (C=O) groups is 2. The molecule has 0 unspecified atom stereocenters. The topological polar surface area (TPSA) is 62.7 Å². The van der Waals surface area contributed by atoms with Crippen molar-refractivity contribution in [1.29, 1.82) is 0 Å². The molecule has 6 heteroatoms. The highest BCUT2D eigenvalue weighted by atomic mass is 16.5. The lowest BCUT2D eigenvalue weighted by atomic mass is 9.95. The Balaban J connectivity index is 1.49. The monoisotopic (exact) mass is 329 g/mol. The molecule has 0 saturated carbocycles. The van der Waals surface area contributed by atoms with Crippen LogP contribution in [0.1, 0.15) is 31.2 Å². The van der Waals surface area contributed by atoms with Crippen LogP contribution < -0.4 is 0 Å². The lowest BCUT2D eigenvalue weighted by Gasteiger charge is -2.40. The number of pyridine rings is 1. The number of aromatic nitrogens is 1. The second-order valence-electron chi connectivity index (χ2n) is 6.93. The molecule has 1 aromatic heterocycles. The highest BCUT2D eigenvalue weighted by Crippen LogP contribution is 2.34. The van der Waals surface area contributed by atoms with E-state index >= 15 is 0 Å². The summed E-state index contributed by atoms with van der Waals surface area (Å²) in [6.07, 6.45) is 6.53. The molecule has 4 heterocycles.